The minimum atomic E-state index is -0.855. The van der Waals surface area contributed by atoms with Crippen LogP contribution in [0.15, 0.2) is 0 Å². The van der Waals surface area contributed by atoms with Crippen molar-refractivity contribution in [3.63, 3.8) is 0 Å². The molecule has 2 atom stereocenters. The van der Waals surface area contributed by atoms with Gasteiger partial charge in [0.15, 0.2) is 0 Å². The second-order valence-electron chi connectivity index (χ2n) is 6.54. The van der Waals surface area contributed by atoms with Crippen LogP contribution in [0.1, 0.15) is 41.0 Å². The second-order valence-corrected chi connectivity index (χ2v) is 6.54. The molecule has 20 heavy (non-hydrogen) atoms. The van der Waals surface area contributed by atoms with E-state index in [4.69, 9.17) is 0 Å². The monoisotopic (exact) mass is 283 g/mol. The summed E-state index contributed by atoms with van der Waals surface area (Å²) in [5, 5.41) is 5.15. The highest BCUT2D eigenvalue weighted by Gasteiger charge is 2.51. The smallest absolute Gasteiger partial charge is 0.246 e. The van der Waals surface area contributed by atoms with E-state index in [1.165, 1.54) is 7.05 Å². The predicted molar refractivity (Wildman–Crippen MR) is 75.9 cm³/mol. The van der Waals surface area contributed by atoms with E-state index in [2.05, 4.69) is 10.6 Å². The average Bonchev–Trinajstić information content (AvgIpc) is 2.33. The molecule has 1 heterocycles. The topological polar surface area (TPSA) is 78.5 Å². The normalized spacial score (nSPS) is 23.6. The van der Waals surface area contributed by atoms with Gasteiger partial charge >= 0.3 is 0 Å². The summed E-state index contributed by atoms with van der Waals surface area (Å²) in [6.45, 7) is 9.44. The van der Waals surface area contributed by atoms with Gasteiger partial charge in [-0.15, -0.1) is 0 Å². The molecule has 2 N–H and O–H groups in total. The molecule has 114 valence electrons. The van der Waals surface area contributed by atoms with Crippen molar-refractivity contribution in [2.24, 2.45) is 5.41 Å². The maximum atomic E-state index is 12.3. The first kappa shape index (κ1) is 16.5. The summed E-state index contributed by atoms with van der Waals surface area (Å²) in [5.74, 6) is -0.582. The molecule has 6 nitrogen and oxygen atoms in total. The first-order valence-corrected chi connectivity index (χ1v) is 6.88. The molecule has 0 aromatic carbocycles. The molecule has 0 spiro atoms. The molecule has 1 rings (SSSR count). The highest BCUT2D eigenvalue weighted by atomic mass is 16.2. The minimum absolute atomic E-state index is 0.0472. The third kappa shape index (κ3) is 2.94. The van der Waals surface area contributed by atoms with Gasteiger partial charge in [0.05, 0.1) is 0 Å². The Labute approximate surface area is 120 Å². The van der Waals surface area contributed by atoms with Crippen molar-refractivity contribution in [1.82, 2.24) is 15.5 Å². The predicted octanol–water partition coefficient (Wildman–Crippen LogP) is 0.274. The Bertz CT molecular complexity index is 428. The zero-order valence-corrected chi connectivity index (χ0v) is 13.2. The fourth-order valence-corrected chi connectivity index (χ4v) is 2.16. The Kier molecular flexibility index (Phi) is 4.46. The Balaban J connectivity index is 2.77. The highest BCUT2D eigenvalue weighted by molar-refractivity contribution is 5.96. The summed E-state index contributed by atoms with van der Waals surface area (Å²) in [5.41, 5.74) is -1.37. The number of likely N-dealkylation sites (tertiary alicyclic amines) is 1. The minimum Gasteiger partial charge on any atom is -0.357 e. The van der Waals surface area contributed by atoms with Gasteiger partial charge < -0.3 is 15.5 Å². The van der Waals surface area contributed by atoms with Gasteiger partial charge in [0.2, 0.25) is 17.7 Å². The molecular weight excluding hydrogens is 258 g/mol. The summed E-state index contributed by atoms with van der Waals surface area (Å²) in [6.07, 6.45) is 0.612. The molecule has 0 saturated carbocycles. The van der Waals surface area contributed by atoms with Gasteiger partial charge in [-0.25, -0.2) is 0 Å². The van der Waals surface area contributed by atoms with Gasteiger partial charge in [-0.2, -0.15) is 0 Å². The second kappa shape index (κ2) is 5.42. The summed E-state index contributed by atoms with van der Waals surface area (Å²) in [7, 11) is 1.52. The zero-order valence-electron chi connectivity index (χ0n) is 13.2. The lowest BCUT2D eigenvalue weighted by Gasteiger charge is -2.51. The van der Waals surface area contributed by atoms with E-state index in [0.717, 1.165) is 0 Å². The number of rotatable bonds is 3. The van der Waals surface area contributed by atoms with Crippen LogP contribution in [0.2, 0.25) is 0 Å². The van der Waals surface area contributed by atoms with Crippen LogP contribution in [-0.4, -0.2) is 47.8 Å². The largest absolute Gasteiger partial charge is 0.357 e. The molecule has 0 bridgehead atoms. The summed E-state index contributed by atoms with van der Waals surface area (Å²) >= 11 is 0. The standard InChI is InChI=1S/C14H25N3O3/c1-9(10(18)15-6)16-11(19)14(5)7-8-17(14)12(20)13(2,3)4/h9H,7-8H2,1-6H3,(H,15,18)(H,16,19)/t9-,14-/m0/s1. The third-order valence-electron chi connectivity index (χ3n) is 3.78. The lowest BCUT2D eigenvalue weighted by Crippen LogP contribution is -2.70. The Morgan fingerprint density at radius 3 is 2.15 bits per heavy atom. The van der Waals surface area contributed by atoms with E-state index in [-0.39, 0.29) is 17.7 Å². The molecule has 0 radical (unpaired) electrons. The van der Waals surface area contributed by atoms with Gasteiger partial charge in [0, 0.05) is 19.0 Å². The van der Waals surface area contributed by atoms with Gasteiger partial charge in [-0.1, -0.05) is 20.8 Å². The maximum absolute atomic E-state index is 12.3. The number of nitrogens with zero attached hydrogens (tertiary/aromatic N) is 1. The van der Waals surface area contributed by atoms with E-state index in [0.29, 0.717) is 13.0 Å². The quantitative estimate of drug-likeness (QED) is 0.780. The van der Waals surface area contributed by atoms with Crippen molar-refractivity contribution in [3.8, 4) is 0 Å². The summed E-state index contributed by atoms with van der Waals surface area (Å²) < 4.78 is 0. The molecule has 6 heteroatoms. The molecular formula is C14H25N3O3. The fraction of sp³-hybridized carbons (Fsp3) is 0.786. The van der Waals surface area contributed by atoms with Gasteiger partial charge in [-0.3, -0.25) is 14.4 Å². The summed E-state index contributed by atoms with van der Waals surface area (Å²) in [4.78, 5) is 37.7. The molecule has 1 aliphatic heterocycles. The van der Waals surface area contributed by atoms with Crippen molar-refractivity contribution in [2.45, 2.75) is 52.6 Å². The lowest BCUT2D eigenvalue weighted by molar-refractivity contribution is -0.163. The number of likely N-dealkylation sites (N-methyl/N-ethyl adjacent to an activating group) is 1. The van der Waals surface area contributed by atoms with Crippen molar-refractivity contribution in [2.75, 3.05) is 13.6 Å². The van der Waals surface area contributed by atoms with Gasteiger partial charge in [-0.05, 0) is 20.3 Å². The molecule has 0 aromatic heterocycles. The van der Waals surface area contributed by atoms with E-state index in [1.807, 2.05) is 20.8 Å². The van der Waals surface area contributed by atoms with Crippen LogP contribution in [0.25, 0.3) is 0 Å². The van der Waals surface area contributed by atoms with Crippen LogP contribution in [0.4, 0.5) is 0 Å². The number of carbonyl (C=O) groups excluding carboxylic acids is 3. The van der Waals surface area contributed by atoms with Crippen LogP contribution in [0.5, 0.6) is 0 Å². The fourth-order valence-electron chi connectivity index (χ4n) is 2.16. The Morgan fingerprint density at radius 2 is 1.80 bits per heavy atom. The average molecular weight is 283 g/mol. The maximum Gasteiger partial charge on any atom is 0.246 e. The number of hydrogen-bond donors (Lipinski definition) is 2. The zero-order chi connectivity index (χ0) is 15.7. The van der Waals surface area contributed by atoms with Crippen molar-refractivity contribution in [1.29, 1.82) is 0 Å². The van der Waals surface area contributed by atoms with Crippen molar-refractivity contribution < 1.29 is 14.4 Å². The number of hydrogen-bond acceptors (Lipinski definition) is 3. The molecule has 0 unspecified atom stereocenters. The third-order valence-corrected chi connectivity index (χ3v) is 3.78. The number of amides is 3. The first-order chi connectivity index (χ1) is 9.04. The van der Waals surface area contributed by atoms with Crippen LogP contribution < -0.4 is 10.6 Å². The van der Waals surface area contributed by atoms with E-state index in [1.54, 1.807) is 18.7 Å². The molecule has 0 aromatic rings. The Hall–Kier alpha value is -1.59. The molecule has 3 amide bonds. The Morgan fingerprint density at radius 1 is 1.25 bits per heavy atom. The van der Waals surface area contributed by atoms with Crippen LogP contribution in [0, 0.1) is 5.41 Å². The lowest BCUT2D eigenvalue weighted by atomic mass is 9.81. The number of carbonyl (C=O) groups is 3. The molecule has 1 fully saturated rings. The number of nitrogens with one attached hydrogen (secondary N) is 2. The highest BCUT2D eigenvalue weighted by Crippen LogP contribution is 2.34. The van der Waals surface area contributed by atoms with Gasteiger partial charge in [0.25, 0.3) is 0 Å². The van der Waals surface area contributed by atoms with Crippen molar-refractivity contribution in [3.05, 3.63) is 0 Å². The summed E-state index contributed by atoms with van der Waals surface area (Å²) in [6, 6.07) is -0.614. The first-order valence-electron chi connectivity index (χ1n) is 6.88. The van der Waals surface area contributed by atoms with Crippen molar-refractivity contribution >= 4 is 17.7 Å². The van der Waals surface area contributed by atoms with Crippen LogP contribution in [0.3, 0.4) is 0 Å². The molecule has 1 aliphatic rings. The molecule has 1 saturated heterocycles. The van der Waals surface area contributed by atoms with E-state index in [9.17, 15) is 14.4 Å². The molecule has 0 aliphatic carbocycles. The van der Waals surface area contributed by atoms with Crippen LogP contribution >= 0.6 is 0 Å². The van der Waals surface area contributed by atoms with E-state index >= 15 is 0 Å². The van der Waals surface area contributed by atoms with Gasteiger partial charge in [0.1, 0.15) is 11.6 Å². The van der Waals surface area contributed by atoms with E-state index < -0.39 is 17.0 Å². The van der Waals surface area contributed by atoms with Crippen LogP contribution in [-0.2, 0) is 14.4 Å². The SMILES string of the molecule is CNC(=O)[C@H](C)NC(=O)[C@]1(C)CCN1C(=O)C(C)(C)C.